The smallest absolute Gasteiger partial charge is 0.131 e. The van der Waals surface area contributed by atoms with E-state index in [4.69, 9.17) is 15.9 Å². The predicted octanol–water partition coefficient (Wildman–Crippen LogP) is 1.68. The highest BCUT2D eigenvalue weighted by atomic mass is 16.5. The summed E-state index contributed by atoms with van der Waals surface area (Å²) >= 11 is 0. The largest absolute Gasteiger partial charge is 0.385 e. The fraction of sp³-hybridized carbons (Fsp3) is 0.333. The minimum absolute atomic E-state index is 0.0878. The van der Waals surface area contributed by atoms with Crippen molar-refractivity contribution in [1.29, 1.82) is 5.41 Å². The quantitative estimate of drug-likeness (QED) is 0.643. The molecular formula is C15H18N4O. The number of aryl methyl sites for hydroxylation is 1. The van der Waals surface area contributed by atoms with E-state index in [-0.39, 0.29) is 11.9 Å². The Bertz CT molecular complexity index is 655. The zero-order valence-electron chi connectivity index (χ0n) is 11.5. The summed E-state index contributed by atoms with van der Waals surface area (Å²) in [6.45, 7) is 4.00. The van der Waals surface area contributed by atoms with Crippen LogP contribution in [-0.4, -0.2) is 36.6 Å². The normalized spacial score (nSPS) is 19.2. The van der Waals surface area contributed by atoms with E-state index in [0.29, 0.717) is 13.2 Å². The number of nitrogens with zero attached hydrogens (tertiary/aromatic N) is 2. The molecule has 2 aromatic rings. The molecule has 1 aliphatic heterocycles. The number of nitrogens with two attached hydrogens (primary N) is 1. The van der Waals surface area contributed by atoms with Gasteiger partial charge in [-0.25, -0.2) is 0 Å². The number of morpholine rings is 1. The summed E-state index contributed by atoms with van der Waals surface area (Å²) in [4.78, 5) is 6.79. The van der Waals surface area contributed by atoms with Crippen molar-refractivity contribution in [2.24, 2.45) is 5.73 Å². The van der Waals surface area contributed by atoms with Crippen molar-refractivity contribution < 1.29 is 4.74 Å². The Morgan fingerprint density at radius 1 is 1.45 bits per heavy atom. The minimum Gasteiger partial charge on any atom is -0.385 e. The second-order valence-electron chi connectivity index (χ2n) is 5.06. The second-order valence-corrected chi connectivity index (χ2v) is 5.06. The molecule has 2 heterocycles. The molecule has 1 aromatic carbocycles. The molecule has 0 spiro atoms. The molecule has 5 heteroatoms. The molecule has 1 aliphatic rings. The van der Waals surface area contributed by atoms with Crippen LogP contribution in [0.4, 0.5) is 5.69 Å². The zero-order chi connectivity index (χ0) is 14.1. The second kappa shape index (κ2) is 5.09. The van der Waals surface area contributed by atoms with Crippen LogP contribution in [0.3, 0.4) is 0 Å². The molecular weight excluding hydrogens is 252 g/mol. The van der Waals surface area contributed by atoms with Crippen LogP contribution in [-0.2, 0) is 4.74 Å². The highest BCUT2D eigenvalue weighted by molar-refractivity contribution is 5.92. The van der Waals surface area contributed by atoms with Crippen LogP contribution in [0.5, 0.6) is 0 Å². The predicted molar refractivity (Wildman–Crippen MR) is 80.3 cm³/mol. The number of aromatic nitrogens is 1. The Morgan fingerprint density at radius 3 is 3.05 bits per heavy atom. The summed E-state index contributed by atoms with van der Waals surface area (Å²) in [6, 6.07) is 10.2. The van der Waals surface area contributed by atoms with Crippen molar-refractivity contribution in [3.63, 3.8) is 0 Å². The summed E-state index contributed by atoms with van der Waals surface area (Å²) in [5.41, 5.74) is 8.69. The van der Waals surface area contributed by atoms with E-state index in [0.717, 1.165) is 28.8 Å². The number of fused-ring (bicyclic) bond motifs is 1. The SMILES string of the molecule is Cc1cc(N2CCOC(C(=N)N)C2)c2ccccc2n1. The topological polar surface area (TPSA) is 75.2 Å². The van der Waals surface area contributed by atoms with Gasteiger partial charge in [-0.15, -0.1) is 0 Å². The van der Waals surface area contributed by atoms with Crippen LogP contribution in [0.1, 0.15) is 5.69 Å². The molecule has 0 amide bonds. The average molecular weight is 270 g/mol. The van der Waals surface area contributed by atoms with Gasteiger partial charge in [0.15, 0.2) is 0 Å². The Balaban J connectivity index is 2.03. The Hall–Kier alpha value is -2.14. The first-order valence-corrected chi connectivity index (χ1v) is 6.72. The molecule has 0 aliphatic carbocycles. The Morgan fingerprint density at radius 2 is 2.25 bits per heavy atom. The van der Waals surface area contributed by atoms with Gasteiger partial charge in [0.25, 0.3) is 0 Å². The number of rotatable bonds is 2. The van der Waals surface area contributed by atoms with E-state index in [1.807, 2.05) is 25.1 Å². The van der Waals surface area contributed by atoms with Gasteiger partial charge in [-0.2, -0.15) is 0 Å². The lowest BCUT2D eigenvalue weighted by molar-refractivity contribution is 0.0827. The third-order valence-electron chi connectivity index (χ3n) is 3.58. The summed E-state index contributed by atoms with van der Waals surface area (Å²) in [6.07, 6.45) is -0.323. The number of hydrogen-bond donors (Lipinski definition) is 2. The van der Waals surface area contributed by atoms with E-state index >= 15 is 0 Å². The number of benzene rings is 1. The van der Waals surface area contributed by atoms with E-state index in [2.05, 4.69) is 22.0 Å². The maximum absolute atomic E-state index is 7.56. The van der Waals surface area contributed by atoms with Crippen molar-refractivity contribution in [3.8, 4) is 0 Å². The van der Waals surface area contributed by atoms with Gasteiger partial charge in [0.1, 0.15) is 11.9 Å². The molecule has 1 aromatic heterocycles. The summed E-state index contributed by atoms with van der Waals surface area (Å²) in [5.74, 6) is 0.0878. The number of amidine groups is 1. The third kappa shape index (κ3) is 2.32. The van der Waals surface area contributed by atoms with E-state index < -0.39 is 0 Å². The van der Waals surface area contributed by atoms with Gasteiger partial charge in [-0.1, -0.05) is 18.2 Å². The van der Waals surface area contributed by atoms with E-state index in [9.17, 15) is 0 Å². The van der Waals surface area contributed by atoms with E-state index in [1.54, 1.807) is 0 Å². The maximum atomic E-state index is 7.56. The van der Waals surface area contributed by atoms with Crippen molar-refractivity contribution in [2.45, 2.75) is 13.0 Å². The number of anilines is 1. The van der Waals surface area contributed by atoms with Gasteiger partial charge in [0.05, 0.1) is 18.7 Å². The standard InChI is InChI=1S/C15H18N4O/c1-10-8-13(11-4-2-3-5-12(11)18-10)19-6-7-20-14(9-19)15(16)17/h2-5,8,14H,6-7,9H2,1H3,(H3,16,17). The van der Waals surface area contributed by atoms with E-state index in [1.165, 1.54) is 0 Å². The number of pyridine rings is 1. The first-order valence-electron chi connectivity index (χ1n) is 6.72. The monoisotopic (exact) mass is 270 g/mol. The van der Waals surface area contributed by atoms with Crippen LogP contribution < -0.4 is 10.6 Å². The fourth-order valence-corrected chi connectivity index (χ4v) is 2.60. The lowest BCUT2D eigenvalue weighted by atomic mass is 10.1. The Kier molecular flexibility index (Phi) is 3.28. The van der Waals surface area contributed by atoms with Crippen molar-refractivity contribution in [3.05, 3.63) is 36.0 Å². The summed E-state index contributed by atoms with van der Waals surface area (Å²) < 4.78 is 5.53. The molecule has 3 rings (SSSR count). The fourth-order valence-electron chi connectivity index (χ4n) is 2.60. The van der Waals surface area contributed by atoms with Crippen LogP contribution in [0, 0.1) is 12.3 Å². The molecule has 5 nitrogen and oxygen atoms in total. The molecule has 0 saturated carbocycles. The molecule has 1 saturated heterocycles. The summed E-state index contributed by atoms with van der Waals surface area (Å²) in [5, 5.41) is 8.69. The van der Waals surface area contributed by atoms with Crippen LogP contribution in [0.2, 0.25) is 0 Å². The number of hydrogen-bond acceptors (Lipinski definition) is 4. The minimum atomic E-state index is -0.323. The molecule has 0 radical (unpaired) electrons. The summed E-state index contributed by atoms with van der Waals surface area (Å²) in [7, 11) is 0. The number of ether oxygens (including phenoxy) is 1. The number of nitrogens with one attached hydrogen (secondary N) is 1. The van der Waals surface area contributed by atoms with Crippen LogP contribution >= 0.6 is 0 Å². The molecule has 1 unspecified atom stereocenters. The zero-order valence-corrected chi connectivity index (χ0v) is 11.5. The highest BCUT2D eigenvalue weighted by Crippen LogP contribution is 2.28. The highest BCUT2D eigenvalue weighted by Gasteiger charge is 2.24. The molecule has 1 atom stereocenters. The van der Waals surface area contributed by atoms with Gasteiger partial charge in [0.2, 0.25) is 0 Å². The Labute approximate surface area is 117 Å². The first kappa shape index (κ1) is 12.9. The molecule has 0 bridgehead atoms. The lowest BCUT2D eigenvalue weighted by Gasteiger charge is -2.34. The van der Waals surface area contributed by atoms with Crippen LogP contribution in [0.15, 0.2) is 30.3 Å². The molecule has 20 heavy (non-hydrogen) atoms. The van der Waals surface area contributed by atoms with Crippen molar-refractivity contribution in [1.82, 2.24) is 4.98 Å². The van der Waals surface area contributed by atoms with Gasteiger partial charge in [-0.05, 0) is 19.1 Å². The van der Waals surface area contributed by atoms with Gasteiger partial charge in [-0.3, -0.25) is 10.4 Å². The van der Waals surface area contributed by atoms with Crippen molar-refractivity contribution in [2.75, 3.05) is 24.6 Å². The number of para-hydroxylation sites is 1. The van der Waals surface area contributed by atoms with Gasteiger partial charge < -0.3 is 15.4 Å². The van der Waals surface area contributed by atoms with Crippen LogP contribution in [0.25, 0.3) is 10.9 Å². The first-order chi connectivity index (χ1) is 9.65. The molecule has 1 fully saturated rings. The molecule has 104 valence electrons. The maximum Gasteiger partial charge on any atom is 0.131 e. The van der Waals surface area contributed by atoms with Gasteiger partial charge in [0, 0.05) is 23.3 Å². The molecule has 3 N–H and O–H groups in total. The van der Waals surface area contributed by atoms with Crippen molar-refractivity contribution >= 4 is 22.4 Å². The van der Waals surface area contributed by atoms with Gasteiger partial charge >= 0.3 is 0 Å². The lowest BCUT2D eigenvalue weighted by Crippen LogP contribution is -2.48. The average Bonchev–Trinajstić information content (AvgIpc) is 2.46. The third-order valence-corrected chi connectivity index (χ3v) is 3.58.